The fourth-order valence-corrected chi connectivity index (χ4v) is 3.09. The summed E-state index contributed by atoms with van der Waals surface area (Å²) in [6, 6.07) is 0. The summed E-state index contributed by atoms with van der Waals surface area (Å²) in [7, 11) is -3.39. The first-order valence-electron chi connectivity index (χ1n) is 5.07. The maximum atomic E-state index is 11.4. The van der Waals surface area contributed by atoms with Crippen LogP contribution >= 0.6 is 0 Å². The summed E-state index contributed by atoms with van der Waals surface area (Å²) < 4.78 is 22.7. The van der Waals surface area contributed by atoms with Gasteiger partial charge in [0.05, 0.1) is 5.25 Å². The largest absolute Gasteiger partial charge is 0.228 e. The van der Waals surface area contributed by atoms with Crippen LogP contribution in [0.3, 0.4) is 0 Å². The predicted molar refractivity (Wildman–Crippen MR) is 58.2 cm³/mol. The maximum absolute atomic E-state index is 11.4. The molecule has 1 fully saturated rings. The van der Waals surface area contributed by atoms with Crippen molar-refractivity contribution in [1.82, 2.24) is 0 Å². The molecule has 1 unspecified atom stereocenters. The van der Waals surface area contributed by atoms with E-state index in [9.17, 15) is 8.42 Å². The number of sulfonamides is 1. The summed E-state index contributed by atoms with van der Waals surface area (Å²) >= 11 is 0. The molecule has 4 heteroatoms. The molecule has 0 radical (unpaired) electrons. The minimum absolute atomic E-state index is 0.0862. The predicted octanol–water partition coefficient (Wildman–Crippen LogP) is 1.66. The second kappa shape index (κ2) is 4.45. The van der Waals surface area contributed by atoms with Gasteiger partial charge in [0.25, 0.3) is 0 Å². The van der Waals surface area contributed by atoms with Gasteiger partial charge in [-0.3, -0.25) is 0 Å². The molecule has 0 heterocycles. The summed E-state index contributed by atoms with van der Waals surface area (Å²) in [6.45, 7) is 5.55. The zero-order valence-electron chi connectivity index (χ0n) is 8.65. The molecule has 0 bridgehead atoms. The van der Waals surface area contributed by atoms with E-state index in [-0.39, 0.29) is 11.2 Å². The molecule has 2 N–H and O–H groups in total. The van der Waals surface area contributed by atoms with E-state index in [1.807, 2.05) is 6.92 Å². The molecular weight excluding hydrogens is 198 g/mol. The van der Waals surface area contributed by atoms with Crippen LogP contribution in [0.1, 0.15) is 32.6 Å². The summed E-state index contributed by atoms with van der Waals surface area (Å²) in [5.74, 6) is 0.675. The van der Waals surface area contributed by atoms with Crippen LogP contribution in [-0.2, 0) is 10.0 Å². The van der Waals surface area contributed by atoms with Gasteiger partial charge in [-0.15, -0.1) is 6.58 Å². The molecule has 1 aliphatic rings. The van der Waals surface area contributed by atoms with Gasteiger partial charge in [-0.2, -0.15) is 0 Å². The van der Waals surface area contributed by atoms with Gasteiger partial charge in [0.1, 0.15) is 0 Å². The van der Waals surface area contributed by atoms with E-state index in [0.29, 0.717) is 12.3 Å². The number of hydrogen-bond acceptors (Lipinski definition) is 2. The third-order valence-electron chi connectivity index (χ3n) is 2.86. The Morgan fingerprint density at radius 2 is 2.14 bits per heavy atom. The van der Waals surface area contributed by atoms with Gasteiger partial charge in [-0.1, -0.05) is 25.8 Å². The fourth-order valence-electron chi connectivity index (χ4n) is 1.79. The molecule has 0 aromatic rings. The first kappa shape index (κ1) is 11.7. The van der Waals surface area contributed by atoms with E-state index in [4.69, 9.17) is 5.14 Å². The number of hydrogen-bond donors (Lipinski definition) is 1. The third kappa shape index (κ3) is 3.42. The molecule has 3 nitrogen and oxygen atoms in total. The van der Waals surface area contributed by atoms with Crippen molar-refractivity contribution >= 4 is 10.0 Å². The Morgan fingerprint density at radius 3 is 2.50 bits per heavy atom. The number of allylic oxidation sites excluding steroid dienone is 1. The van der Waals surface area contributed by atoms with Crippen molar-refractivity contribution in [2.24, 2.45) is 17.0 Å². The molecule has 14 heavy (non-hydrogen) atoms. The molecule has 0 aromatic carbocycles. The average molecular weight is 217 g/mol. The second-order valence-corrected chi connectivity index (χ2v) is 6.09. The molecular formula is C10H19NO2S. The van der Waals surface area contributed by atoms with Gasteiger partial charge >= 0.3 is 0 Å². The van der Waals surface area contributed by atoms with Gasteiger partial charge in [0.2, 0.25) is 10.0 Å². The molecule has 1 aliphatic carbocycles. The second-order valence-electron chi connectivity index (χ2n) is 4.31. The molecule has 1 rings (SSSR count). The zero-order valence-corrected chi connectivity index (χ0v) is 9.46. The van der Waals surface area contributed by atoms with Crippen molar-refractivity contribution in [2.75, 3.05) is 0 Å². The van der Waals surface area contributed by atoms with E-state index in [1.165, 1.54) is 0 Å². The van der Waals surface area contributed by atoms with E-state index in [1.54, 1.807) is 6.08 Å². The Morgan fingerprint density at radius 1 is 1.57 bits per heavy atom. The monoisotopic (exact) mass is 217 g/mol. The summed E-state index contributed by atoms with van der Waals surface area (Å²) in [6.07, 6.45) is 5.52. The Bertz CT molecular complexity index is 293. The summed E-state index contributed by atoms with van der Waals surface area (Å²) in [4.78, 5) is 0. The number of primary sulfonamides is 1. The van der Waals surface area contributed by atoms with E-state index < -0.39 is 10.0 Å². The van der Waals surface area contributed by atoms with Gasteiger partial charge in [-0.05, 0) is 24.7 Å². The van der Waals surface area contributed by atoms with Crippen LogP contribution in [0.2, 0.25) is 0 Å². The standard InChI is InChI=1S/C10H19NO2S/c1-3-4-8(2)10(14(11,12)13)7-9-5-6-9/h3,8-10H,1,4-7H2,2H3,(H2,11,12,13)/t8?,10-/m0/s1. The average Bonchev–Trinajstić information content (AvgIpc) is 2.81. The summed E-state index contributed by atoms with van der Waals surface area (Å²) in [5, 5.41) is 4.84. The van der Waals surface area contributed by atoms with Crippen molar-refractivity contribution in [1.29, 1.82) is 0 Å². The Labute approximate surface area is 86.4 Å². The molecule has 82 valence electrons. The van der Waals surface area contributed by atoms with Gasteiger partial charge in [0.15, 0.2) is 0 Å². The van der Waals surface area contributed by atoms with Crippen LogP contribution in [0.15, 0.2) is 12.7 Å². The van der Waals surface area contributed by atoms with E-state index in [0.717, 1.165) is 19.3 Å². The fraction of sp³-hybridized carbons (Fsp3) is 0.800. The highest BCUT2D eigenvalue weighted by Crippen LogP contribution is 2.37. The lowest BCUT2D eigenvalue weighted by atomic mass is 9.99. The zero-order chi connectivity index (χ0) is 10.8. The number of nitrogens with two attached hydrogens (primary N) is 1. The molecule has 0 saturated heterocycles. The van der Waals surface area contributed by atoms with E-state index >= 15 is 0 Å². The summed E-state index contributed by atoms with van der Waals surface area (Å²) in [5.41, 5.74) is 0. The van der Waals surface area contributed by atoms with Crippen molar-refractivity contribution in [2.45, 2.75) is 37.9 Å². The van der Waals surface area contributed by atoms with Crippen LogP contribution in [0, 0.1) is 11.8 Å². The van der Waals surface area contributed by atoms with Crippen LogP contribution in [-0.4, -0.2) is 13.7 Å². The topological polar surface area (TPSA) is 60.2 Å². The molecule has 0 aliphatic heterocycles. The van der Waals surface area contributed by atoms with Gasteiger partial charge in [0, 0.05) is 0 Å². The van der Waals surface area contributed by atoms with Gasteiger partial charge < -0.3 is 0 Å². The minimum atomic E-state index is -3.39. The van der Waals surface area contributed by atoms with Crippen molar-refractivity contribution in [3.05, 3.63) is 12.7 Å². The highest BCUT2D eigenvalue weighted by molar-refractivity contribution is 7.89. The van der Waals surface area contributed by atoms with E-state index in [2.05, 4.69) is 6.58 Å². The van der Waals surface area contributed by atoms with Crippen molar-refractivity contribution in [3.8, 4) is 0 Å². The lowest BCUT2D eigenvalue weighted by Crippen LogP contribution is -2.34. The SMILES string of the molecule is C=CCC(C)[C@H](CC1CC1)S(N)(=O)=O. The lowest BCUT2D eigenvalue weighted by molar-refractivity contribution is 0.473. The van der Waals surface area contributed by atoms with Crippen LogP contribution in [0.5, 0.6) is 0 Å². The Kier molecular flexibility index (Phi) is 3.72. The molecule has 2 atom stereocenters. The molecule has 0 amide bonds. The van der Waals surface area contributed by atoms with Crippen LogP contribution in [0.25, 0.3) is 0 Å². The Balaban J connectivity index is 2.64. The highest BCUT2D eigenvalue weighted by Gasteiger charge is 2.34. The first-order valence-corrected chi connectivity index (χ1v) is 6.68. The third-order valence-corrected chi connectivity index (χ3v) is 4.36. The van der Waals surface area contributed by atoms with Crippen molar-refractivity contribution in [3.63, 3.8) is 0 Å². The quantitative estimate of drug-likeness (QED) is 0.688. The Hall–Kier alpha value is -0.350. The van der Waals surface area contributed by atoms with Gasteiger partial charge in [-0.25, -0.2) is 13.6 Å². The first-order chi connectivity index (χ1) is 6.45. The van der Waals surface area contributed by atoms with Crippen LogP contribution in [0.4, 0.5) is 0 Å². The highest BCUT2D eigenvalue weighted by atomic mass is 32.2. The lowest BCUT2D eigenvalue weighted by Gasteiger charge is -2.20. The van der Waals surface area contributed by atoms with Crippen molar-refractivity contribution < 1.29 is 8.42 Å². The molecule has 0 spiro atoms. The maximum Gasteiger partial charge on any atom is 0.212 e. The van der Waals surface area contributed by atoms with Crippen LogP contribution < -0.4 is 5.14 Å². The minimum Gasteiger partial charge on any atom is -0.228 e. The number of rotatable bonds is 6. The molecule has 1 saturated carbocycles. The molecule has 0 aromatic heterocycles. The smallest absolute Gasteiger partial charge is 0.212 e. The normalized spacial score (nSPS) is 21.6.